The van der Waals surface area contributed by atoms with Crippen molar-refractivity contribution in [3.05, 3.63) is 119 Å². The minimum atomic E-state index is 0.0235. The van der Waals surface area contributed by atoms with Gasteiger partial charge in [0.15, 0.2) is 0 Å². The second-order valence-electron chi connectivity index (χ2n) is 7.01. The summed E-state index contributed by atoms with van der Waals surface area (Å²) in [4.78, 5) is 0. The van der Waals surface area contributed by atoms with Crippen LogP contribution in [0.25, 0.3) is 24.3 Å². The SMILES string of the molecule is Oc1ccc(/C=C/c2cc(O)cc(O)c2)cc1.Oc1ccccc1/C=C/c1ccccc1. The molecule has 0 atom stereocenters. The lowest BCUT2D eigenvalue weighted by Gasteiger charge is -1.98. The number of phenols is 4. The van der Waals surface area contributed by atoms with Crippen LogP contribution in [0.1, 0.15) is 22.3 Å². The van der Waals surface area contributed by atoms with Crippen LogP contribution >= 0.6 is 0 Å². The Morgan fingerprint density at radius 3 is 1.59 bits per heavy atom. The third kappa shape index (κ3) is 7.11. The van der Waals surface area contributed by atoms with Crippen LogP contribution in [-0.2, 0) is 0 Å². The van der Waals surface area contributed by atoms with Gasteiger partial charge in [0.1, 0.15) is 23.0 Å². The lowest BCUT2D eigenvalue weighted by Crippen LogP contribution is -1.74. The van der Waals surface area contributed by atoms with Crippen LogP contribution in [0.3, 0.4) is 0 Å². The van der Waals surface area contributed by atoms with E-state index < -0.39 is 0 Å². The highest BCUT2D eigenvalue weighted by atomic mass is 16.3. The van der Waals surface area contributed by atoms with Gasteiger partial charge in [0, 0.05) is 11.6 Å². The Morgan fingerprint density at radius 1 is 0.406 bits per heavy atom. The lowest BCUT2D eigenvalue weighted by atomic mass is 10.1. The van der Waals surface area contributed by atoms with Crippen molar-refractivity contribution in [2.75, 3.05) is 0 Å². The molecule has 4 aromatic carbocycles. The van der Waals surface area contributed by atoms with Crippen molar-refractivity contribution in [3.8, 4) is 23.0 Å². The Kier molecular flexibility index (Phi) is 7.71. The van der Waals surface area contributed by atoms with E-state index in [0.717, 1.165) is 16.7 Å². The van der Waals surface area contributed by atoms with Crippen LogP contribution in [0, 0.1) is 0 Å². The predicted molar refractivity (Wildman–Crippen MR) is 130 cm³/mol. The Balaban J connectivity index is 0.000000182. The van der Waals surface area contributed by atoms with Crippen LogP contribution in [0.4, 0.5) is 0 Å². The van der Waals surface area contributed by atoms with Gasteiger partial charge in [-0.3, -0.25) is 0 Å². The normalized spacial score (nSPS) is 10.8. The Labute approximate surface area is 187 Å². The van der Waals surface area contributed by atoms with Crippen LogP contribution < -0.4 is 0 Å². The van der Waals surface area contributed by atoms with Gasteiger partial charge in [-0.2, -0.15) is 0 Å². The van der Waals surface area contributed by atoms with E-state index in [4.69, 9.17) is 5.11 Å². The van der Waals surface area contributed by atoms with Crippen molar-refractivity contribution in [1.82, 2.24) is 0 Å². The third-order valence-electron chi connectivity index (χ3n) is 4.48. The molecular weight excluding hydrogens is 400 g/mol. The molecule has 4 heteroatoms. The lowest BCUT2D eigenvalue weighted by molar-refractivity contribution is 0.450. The molecule has 4 N–H and O–H groups in total. The summed E-state index contributed by atoms with van der Waals surface area (Å²) < 4.78 is 0. The minimum Gasteiger partial charge on any atom is -0.508 e. The average Bonchev–Trinajstić information content (AvgIpc) is 2.79. The van der Waals surface area contributed by atoms with Gasteiger partial charge < -0.3 is 20.4 Å². The zero-order chi connectivity index (χ0) is 22.8. The van der Waals surface area contributed by atoms with Crippen LogP contribution in [0.5, 0.6) is 23.0 Å². The molecule has 4 aromatic rings. The molecule has 0 amide bonds. The minimum absolute atomic E-state index is 0.0235. The number of benzene rings is 4. The maximum absolute atomic E-state index is 9.54. The van der Waals surface area contributed by atoms with Gasteiger partial charge in [-0.25, -0.2) is 0 Å². The first-order valence-electron chi connectivity index (χ1n) is 10.0. The van der Waals surface area contributed by atoms with Crippen molar-refractivity contribution in [1.29, 1.82) is 0 Å². The number of para-hydroxylation sites is 1. The molecule has 0 radical (unpaired) electrons. The molecule has 160 valence electrons. The second-order valence-corrected chi connectivity index (χ2v) is 7.01. The summed E-state index contributed by atoms with van der Waals surface area (Å²) in [6, 6.07) is 28.4. The molecule has 0 saturated heterocycles. The predicted octanol–water partition coefficient (Wildman–Crippen LogP) is 6.54. The van der Waals surface area contributed by atoms with Gasteiger partial charge in [0.25, 0.3) is 0 Å². The molecule has 0 saturated carbocycles. The summed E-state index contributed by atoms with van der Waals surface area (Å²) >= 11 is 0. The second kappa shape index (κ2) is 11.1. The van der Waals surface area contributed by atoms with Gasteiger partial charge in [-0.1, -0.05) is 85.0 Å². The quantitative estimate of drug-likeness (QED) is 0.281. The topological polar surface area (TPSA) is 80.9 Å². The summed E-state index contributed by atoms with van der Waals surface area (Å²) in [7, 11) is 0. The fourth-order valence-corrected chi connectivity index (χ4v) is 2.87. The fourth-order valence-electron chi connectivity index (χ4n) is 2.87. The maximum atomic E-state index is 9.54. The standard InChI is InChI=1S/C14H12O3.C14H12O/c15-12-5-3-10(4-6-12)1-2-11-7-13(16)9-14(17)8-11;15-14-9-5-4-8-13(14)11-10-12-6-2-1-3-7-12/h1-9,15-17H;1-11,15H/b2-1+;11-10+. The molecule has 0 aliphatic rings. The van der Waals surface area contributed by atoms with Gasteiger partial charge in [0.2, 0.25) is 0 Å². The van der Waals surface area contributed by atoms with E-state index in [2.05, 4.69) is 0 Å². The smallest absolute Gasteiger partial charge is 0.122 e. The molecule has 0 aromatic heterocycles. The summed E-state index contributed by atoms with van der Waals surface area (Å²) in [6.07, 6.45) is 7.49. The van der Waals surface area contributed by atoms with E-state index in [0.29, 0.717) is 11.3 Å². The molecule has 4 rings (SSSR count). The third-order valence-corrected chi connectivity index (χ3v) is 4.48. The van der Waals surface area contributed by atoms with Crippen molar-refractivity contribution in [2.45, 2.75) is 0 Å². The Hall–Kier alpha value is -4.44. The highest BCUT2D eigenvalue weighted by Gasteiger charge is 1.96. The highest BCUT2D eigenvalue weighted by molar-refractivity contribution is 5.72. The van der Waals surface area contributed by atoms with E-state index in [1.807, 2.05) is 66.8 Å². The summed E-state index contributed by atoms with van der Waals surface area (Å²) in [5.41, 5.74) is 3.59. The zero-order valence-electron chi connectivity index (χ0n) is 17.3. The van der Waals surface area contributed by atoms with Crippen molar-refractivity contribution < 1.29 is 20.4 Å². The van der Waals surface area contributed by atoms with E-state index >= 15 is 0 Å². The zero-order valence-corrected chi connectivity index (χ0v) is 17.3. The van der Waals surface area contributed by atoms with E-state index in [1.54, 1.807) is 48.5 Å². The molecule has 0 aliphatic heterocycles. The van der Waals surface area contributed by atoms with Gasteiger partial charge >= 0.3 is 0 Å². The Morgan fingerprint density at radius 2 is 0.938 bits per heavy atom. The molecular formula is C28H24O4. The number of aromatic hydroxyl groups is 4. The van der Waals surface area contributed by atoms with Crippen molar-refractivity contribution in [2.24, 2.45) is 0 Å². The fraction of sp³-hybridized carbons (Fsp3) is 0. The molecule has 4 nitrogen and oxygen atoms in total. The maximum Gasteiger partial charge on any atom is 0.122 e. The van der Waals surface area contributed by atoms with Gasteiger partial charge in [-0.05, 0) is 47.0 Å². The average molecular weight is 424 g/mol. The van der Waals surface area contributed by atoms with Crippen LogP contribution in [0.15, 0.2) is 97.1 Å². The molecule has 0 fully saturated rings. The first-order valence-corrected chi connectivity index (χ1v) is 10.0. The first-order chi connectivity index (χ1) is 15.5. The van der Waals surface area contributed by atoms with Crippen molar-refractivity contribution in [3.63, 3.8) is 0 Å². The summed E-state index contributed by atoms with van der Waals surface area (Å²) in [5.74, 6) is 0.576. The van der Waals surface area contributed by atoms with Gasteiger partial charge in [0.05, 0.1) is 0 Å². The summed E-state index contributed by atoms with van der Waals surface area (Å²) in [6.45, 7) is 0. The molecule has 0 bridgehead atoms. The molecule has 0 heterocycles. The largest absolute Gasteiger partial charge is 0.508 e. The highest BCUT2D eigenvalue weighted by Crippen LogP contribution is 2.22. The van der Waals surface area contributed by atoms with Gasteiger partial charge in [-0.15, -0.1) is 0 Å². The molecule has 0 spiro atoms. The first kappa shape index (κ1) is 22.2. The van der Waals surface area contributed by atoms with E-state index in [9.17, 15) is 15.3 Å². The molecule has 0 unspecified atom stereocenters. The molecule has 0 aliphatic carbocycles. The van der Waals surface area contributed by atoms with E-state index in [1.165, 1.54) is 6.07 Å². The van der Waals surface area contributed by atoms with E-state index in [-0.39, 0.29) is 17.2 Å². The van der Waals surface area contributed by atoms with Crippen molar-refractivity contribution >= 4 is 24.3 Å². The summed E-state index contributed by atoms with van der Waals surface area (Å²) in [5, 5.41) is 37.3. The van der Waals surface area contributed by atoms with Crippen LogP contribution in [0.2, 0.25) is 0 Å². The number of phenolic OH excluding ortho intramolecular Hbond substituents is 4. The monoisotopic (exact) mass is 424 g/mol. The number of hydrogen-bond acceptors (Lipinski definition) is 4. The number of hydrogen-bond donors (Lipinski definition) is 4. The Bertz CT molecular complexity index is 1170. The van der Waals surface area contributed by atoms with Crippen LogP contribution in [-0.4, -0.2) is 20.4 Å². The molecule has 32 heavy (non-hydrogen) atoms. The number of rotatable bonds is 4.